The largest absolute Gasteiger partial charge is 0.316 e. The molecule has 4 heterocycles. The van der Waals surface area contributed by atoms with Gasteiger partial charge in [-0.3, -0.25) is 4.98 Å². The molecular formula is C37H23N3S. The van der Waals surface area contributed by atoms with Gasteiger partial charge in [-0.05, 0) is 60.7 Å². The number of para-hydroxylation sites is 1. The molecule has 3 nitrogen and oxygen atoms in total. The standard InChI is InChI=1S/C37H23N3S/c1-2-10-26(11-3-1)39-20-18-25-22-31-29-16-17-30-28-13-4-5-15-35(28)41-37(30)36(29)40(34(31)23-33(25)39)27-12-8-9-24(21-27)32-14-6-7-19-38-32/h1-23H. The molecule has 0 N–H and O–H groups in total. The van der Waals surface area contributed by atoms with E-state index in [0.29, 0.717) is 0 Å². The van der Waals surface area contributed by atoms with Gasteiger partial charge < -0.3 is 9.13 Å². The van der Waals surface area contributed by atoms with Crippen molar-refractivity contribution in [2.45, 2.75) is 0 Å². The molecule has 0 aliphatic heterocycles. The summed E-state index contributed by atoms with van der Waals surface area (Å²) >= 11 is 1.88. The maximum absolute atomic E-state index is 4.64. The Morgan fingerprint density at radius 1 is 0.561 bits per heavy atom. The van der Waals surface area contributed by atoms with Crippen LogP contribution in [0.5, 0.6) is 0 Å². The van der Waals surface area contributed by atoms with Gasteiger partial charge in [0.25, 0.3) is 0 Å². The fourth-order valence-corrected chi connectivity index (χ4v) is 7.57. The molecule has 0 bridgehead atoms. The Bertz CT molecular complexity index is 2410. The van der Waals surface area contributed by atoms with E-state index in [4.69, 9.17) is 0 Å². The number of fused-ring (bicyclic) bond motifs is 8. The van der Waals surface area contributed by atoms with Crippen molar-refractivity contribution in [3.63, 3.8) is 0 Å². The van der Waals surface area contributed by atoms with Crippen LogP contribution >= 0.6 is 11.3 Å². The van der Waals surface area contributed by atoms with Crippen molar-refractivity contribution in [2.24, 2.45) is 0 Å². The fourth-order valence-electron chi connectivity index (χ4n) is 6.33. The topological polar surface area (TPSA) is 22.8 Å². The predicted molar refractivity (Wildman–Crippen MR) is 174 cm³/mol. The highest BCUT2D eigenvalue weighted by molar-refractivity contribution is 7.26. The predicted octanol–water partition coefficient (Wildman–Crippen LogP) is 10.2. The van der Waals surface area contributed by atoms with Crippen LogP contribution in [0, 0.1) is 0 Å². The first kappa shape index (κ1) is 22.6. The Kier molecular flexibility index (Phi) is 4.77. The van der Waals surface area contributed by atoms with E-state index in [1.807, 2.05) is 29.7 Å². The van der Waals surface area contributed by atoms with Gasteiger partial charge in [-0.25, -0.2) is 0 Å². The van der Waals surface area contributed by atoms with Crippen molar-refractivity contribution < 1.29 is 0 Å². The number of pyridine rings is 1. The SMILES string of the molecule is c1ccc(-n2ccc3cc4c5ccc6c7ccccc7sc6c5n(-c5cccc(-c6ccccn6)c5)c4cc32)cc1. The number of thiophene rings is 1. The van der Waals surface area contributed by atoms with Crippen LogP contribution in [0.1, 0.15) is 0 Å². The quantitative estimate of drug-likeness (QED) is 0.218. The van der Waals surface area contributed by atoms with Gasteiger partial charge in [-0.2, -0.15) is 0 Å². The number of nitrogens with zero attached hydrogens (tertiary/aromatic N) is 3. The van der Waals surface area contributed by atoms with Crippen LogP contribution in [0.15, 0.2) is 140 Å². The minimum atomic E-state index is 0.975. The molecule has 4 aromatic heterocycles. The molecule has 9 rings (SSSR count). The molecule has 0 atom stereocenters. The third-order valence-electron chi connectivity index (χ3n) is 8.18. The van der Waals surface area contributed by atoms with E-state index in [0.717, 1.165) is 22.6 Å². The third kappa shape index (κ3) is 3.35. The summed E-state index contributed by atoms with van der Waals surface area (Å²) in [5, 5.41) is 6.40. The van der Waals surface area contributed by atoms with Crippen molar-refractivity contribution >= 4 is 64.2 Å². The third-order valence-corrected chi connectivity index (χ3v) is 9.38. The van der Waals surface area contributed by atoms with E-state index in [2.05, 4.69) is 136 Å². The van der Waals surface area contributed by atoms with Crippen molar-refractivity contribution in [1.29, 1.82) is 0 Å². The molecule has 0 aliphatic carbocycles. The molecule has 0 saturated heterocycles. The maximum Gasteiger partial charge on any atom is 0.0719 e. The lowest BCUT2D eigenvalue weighted by molar-refractivity contribution is 1.13. The van der Waals surface area contributed by atoms with Gasteiger partial charge in [-0.1, -0.05) is 66.7 Å². The van der Waals surface area contributed by atoms with E-state index in [-0.39, 0.29) is 0 Å². The molecule has 0 fully saturated rings. The molecule has 0 unspecified atom stereocenters. The summed E-state index contributed by atoms with van der Waals surface area (Å²) in [5.74, 6) is 0. The summed E-state index contributed by atoms with van der Waals surface area (Å²) in [7, 11) is 0. The summed E-state index contributed by atoms with van der Waals surface area (Å²) in [5.41, 5.74) is 8.03. The smallest absolute Gasteiger partial charge is 0.0719 e. The Hall–Kier alpha value is -5.19. The first-order valence-electron chi connectivity index (χ1n) is 13.8. The molecule has 4 heteroatoms. The number of aromatic nitrogens is 3. The van der Waals surface area contributed by atoms with Crippen LogP contribution in [0.3, 0.4) is 0 Å². The maximum atomic E-state index is 4.64. The first-order valence-corrected chi connectivity index (χ1v) is 14.6. The van der Waals surface area contributed by atoms with E-state index >= 15 is 0 Å². The molecule has 0 aliphatic rings. The molecule has 41 heavy (non-hydrogen) atoms. The summed E-state index contributed by atoms with van der Waals surface area (Å²) in [4.78, 5) is 4.64. The second-order valence-corrected chi connectivity index (χ2v) is 11.5. The van der Waals surface area contributed by atoms with Crippen molar-refractivity contribution in [3.8, 4) is 22.6 Å². The molecule has 192 valence electrons. The average Bonchev–Trinajstić information content (AvgIpc) is 3.72. The Balaban J connectivity index is 1.43. The Morgan fingerprint density at radius 3 is 2.29 bits per heavy atom. The monoisotopic (exact) mass is 541 g/mol. The van der Waals surface area contributed by atoms with Gasteiger partial charge in [-0.15, -0.1) is 11.3 Å². The minimum absolute atomic E-state index is 0.975. The Morgan fingerprint density at radius 2 is 1.39 bits per heavy atom. The lowest BCUT2D eigenvalue weighted by atomic mass is 10.1. The lowest BCUT2D eigenvalue weighted by Gasteiger charge is -2.11. The molecular weight excluding hydrogens is 518 g/mol. The van der Waals surface area contributed by atoms with Crippen LogP contribution < -0.4 is 0 Å². The van der Waals surface area contributed by atoms with E-state index < -0.39 is 0 Å². The lowest BCUT2D eigenvalue weighted by Crippen LogP contribution is -1.96. The zero-order valence-electron chi connectivity index (χ0n) is 22.0. The number of rotatable bonds is 3. The second-order valence-electron chi connectivity index (χ2n) is 10.5. The molecule has 0 spiro atoms. The van der Waals surface area contributed by atoms with Crippen LogP contribution in [0.2, 0.25) is 0 Å². The van der Waals surface area contributed by atoms with E-state index in [1.165, 1.54) is 52.9 Å². The van der Waals surface area contributed by atoms with Gasteiger partial charge >= 0.3 is 0 Å². The fraction of sp³-hybridized carbons (Fsp3) is 0. The van der Waals surface area contributed by atoms with Gasteiger partial charge in [0.15, 0.2) is 0 Å². The van der Waals surface area contributed by atoms with E-state index in [9.17, 15) is 0 Å². The normalized spacial score (nSPS) is 11.9. The molecule has 0 amide bonds. The van der Waals surface area contributed by atoms with Crippen LogP contribution in [0.4, 0.5) is 0 Å². The zero-order chi connectivity index (χ0) is 26.9. The van der Waals surface area contributed by atoms with Gasteiger partial charge in [0, 0.05) is 61.0 Å². The summed E-state index contributed by atoms with van der Waals surface area (Å²) in [6, 6.07) is 45.8. The van der Waals surface area contributed by atoms with Crippen LogP contribution in [0.25, 0.3) is 75.5 Å². The highest BCUT2D eigenvalue weighted by Crippen LogP contribution is 2.44. The highest BCUT2D eigenvalue weighted by atomic mass is 32.1. The number of hydrogen-bond donors (Lipinski definition) is 0. The minimum Gasteiger partial charge on any atom is -0.316 e. The summed E-state index contributed by atoms with van der Waals surface area (Å²) in [6.45, 7) is 0. The van der Waals surface area contributed by atoms with Gasteiger partial charge in [0.2, 0.25) is 0 Å². The number of benzene rings is 5. The molecule has 0 radical (unpaired) electrons. The van der Waals surface area contributed by atoms with Crippen molar-refractivity contribution in [2.75, 3.05) is 0 Å². The Labute approximate surface area is 240 Å². The molecule has 0 saturated carbocycles. The first-order chi connectivity index (χ1) is 20.3. The van der Waals surface area contributed by atoms with Gasteiger partial charge in [0.05, 0.1) is 26.9 Å². The van der Waals surface area contributed by atoms with Crippen LogP contribution in [-0.2, 0) is 0 Å². The van der Waals surface area contributed by atoms with Crippen molar-refractivity contribution in [1.82, 2.24) is 14.1 Å². The second kappa shape index (κ2) is 8.65. The molecule has 5 aromatic carbocycles. The summed E-state index contributed by atoms with van der Waals surface area (Å²) < 4.78 is 7.39. The zero-order valence-corrected chi connectivity index (χ0v) is 22.8. The molecule has 9 aromatic rings. The van der Waals surface area contributed by atoms with Crippen molar-refractivity contribution in [3.05, 3.63) is 140 Å². The summed E-state index contributed by atoms with van der Waals surface area (Å²) in [6.07, 6.45) is 4.04. The average molecular weight is 542 g/mol. The number of hydrogen-bond acceptors (Lipinski definition) is 2. The van der Waals surface area contributed by atoms with Gasteiger partial charge in [0.1, 0.15) is 0 Å². The van der Waals surface area contributed by atoms with Crippen LogP contribution in [-0.4, -0.2) is 14.1 Å². The highest BCUT2D eigenvalue weighted by Gasteiger charge is 2.19. The van der Waals surface area contributed by atoms with E-state index in [1.54, 1.807) is 0 Å².